The number of hydrogen-bond donors (Lipinski definition) is 2. The Morgan fingerprint density at radius 1 is 1.08 bits per heavy atom. The molecule has 0 bridgehead atoms. The van der Waals surface area contributed by atoms with Gasteiger partial charge in [-0.1, -0.05) is 23.7 Å². The van der Waals surface area contributed by atoms with Crippen LogP contribution in [-0.4, -0.2) is 25.0 Å². The minimum Gasteiger partial charge on any atom is -0.381 e. The third-order valence-corrected chi connectivity index (χ3v) is 5.37. The molecule has 2 aromatic rings. The standard InChI is InChI=1S/C19H19ClN2O3S/c20-16-5-7-17(8-6-16)26-12-13-1-3-14(4-2-13)18(23)21-22-19(24)15-9-10-25-11-15/h1-8,15H,9-12H2,(H,21,23)(H,22,24). The van der Waals surface area contributed by atoms with Crippen LogP contribution in [0.2, 0.25) is 5.02 Å². The molecule has 0 spiro atoms. The molecule has 0 radical (unpaired) electrons. The largest absolute Gasteiger partial charge is 0.381 e. The highest BCUT2D eigenvalue weighted by Crippen LogP contribution is 2.24. The van der Waals surface area contributed by atoms with Crippen molar-refractivity contribution in [2.24, 2.45) is 5.92 Å². The van der Waals surface area contributed by atoms with E-state index in [1.165, 1.54) is 0 Å². The van der Waals surface area contributed by atoms with Crippen molar-refractivity contribution >= 4 is 35.2 Å². The number of hydrogen-bond acceptors (Lipinski definition) is 4. The van der Waals surface area contributed by atoms with E-state index < -0.39 is 0 Å². The van der Waals surface area contributed by atoms with Crippen LogP contribution >= 0.6 is 23.4 Å². The zero-order valence-electron chi connectivity index (χ0n) is 14.0. The summed E-state index contributed by atoms with van der Waals surface area (Å²) in [5.74, 6) is 0.0469. The van der Waals surface area contributed by atoms with Gasteiger partial charge in [-0.15, -0.1) is 11.8 Å². The van der Waals surface area contributed by atoms with Crippen LogP contribution in [0.5, 0.6) is 0 Å². The fourth-order valence-electron chi connectivity index (χ4n) is 2.48. The molecule has 0 aliphatic carbocycles. The summed E-state index contributed by atoms with van der Waals surface area (Å²) in [6.07, 6.45) is 0.682. The molecule has 1 heterocycles. The summed E-state index contributed by atoms with van der Waals surface area (Å²) in [4.78, 5) is 25.1. The van der Waals surface area contributed by atoms with Gasteiger partial charge in [0.05, 0.1) is 12.5 Å². The number of benzene rings is 2. The van der Waals surface area contributed by atoms with E-state index in [2.05, 4.69) is 10.9 Å². The molecule has 2 N–H and O–H groups in total. The first kappa shape index (κ1) is 18.8. The molecule has 0 saturated carbocycles. The van der Waals surface area contributed by atoms with E-state index in [4.69, 9.17) is 16.3 Å². The van der Waals surface area contributed by atoms with Crippen molar-refractivity contribution < 1.29 is 14.3 Å². The van der Waals surface area contributed by atoms with Crippen molar-refractivity contribution in [1.82, 2.24) is 10.9 Å². The van der Waals surface area contributed by atoms with Crippen LogP contribution in [-0.2, 0) is 15.3 Å². The number of rotatable bonds is 5. The van der Waals surface area contributed by atoms with E-state index in [1.807, 2.05) is 36.4 Å². The maximum atomic E-state index is 12.1. The lowest BCUT2D eigenvalue weighted by Crippen LogP contribution is -2.44. The third-order valence-electron chi connectivity index (χ3n) is 4.03. The first-order chi connectivity index (χ1) is 12.6. The van der Waals surface area contributed by atoms with E-state index in [1.54, 1.807) is 23.9 Å². The second-order valence-electron chi connectivity index (χ2n) is 5.94. The molecule has 0 aromatic heterocycles. The molecular weight excluding hydrogens is 372 g/mol. The van der Waals surface area contributed by atoms with E-state index in [9.17, 15) is 9.59 Å². The predicted octanol–water partition coefficient (Wildman–Crippen LogP) is 3.43. The normalized spacial score (nSPS) is 16.3. The van der Waals surface area contributed by atoms with Crippen LogP contribution in [0.1, 0.15) is 22.3 Å². The lowest BCUT2D eigenvalue weighted by Gasteiger charge is -2.11. The number of carbonyl (C=O) groups excluding carboxylic acids is 2. The minimum atomic E-state index is -0.339. The Bertz CT molecular complexity index is 759. The van der Waals surface area contributed by atoms with Gasteiger partial charge in [-0.25, -0.2) is 0 Å². The van der Waals surface area contributed by atoms with Gasteiger partial charge in [0.25, 0.3) is 5.91 Å². The average Bonchev–Trinajstić information content (AvgIpc) is 3.21. The number of carbonyl (C=O) groups is 2. The van der Waals surface area contributed by atoms with Gasteiger partial charge >= 0.3 is 0 Å². The molecule has 1 saturated heterocycles. The van der Waals surface area contributed by atoms with Crippen molar-refractivity contribution in [3.05, 3.63) is 64.7 Å². The summed E-state index contributed by atoms with van der Waals surface area (Å²) in [6, 6.07) is 15.0. The van der Waals surface area contributed by atoms with E-state index >= 15 is 0 Å². The Hall–Kier alpha value is -2.02. The van der Waals surface area contributed by atoms with Crippen molar-refractivity contribution in [2.75, 3.05) is 13.2 Å². The van der Waals surface area contributed by atoms with Gasteiger partial charge in [-0.05, 0) is 48.4 Å². The summed E-state index contributed by atoms with van der Waals surface area (Å²) in [5.41, 5.74) is 6.50. The maximum Gasteiger partial charge on any atom is 0.269 e. The molecule has 3 rings (SSSR count). The molecule has 136 valence electrons. The number of nitrogens with one attached hydrogen (secondary N) is 2. The van der Waals surface area contributed by atoms with Crippen LogP contribution in [0.3, 0.4) is 0 Å². The highest BCUT2D eigenvalue weighted by molar-refractivity contribution is 7.98. The molecule has 7 heteroatoms. The predicted molar refractivity (Wildman–Crippen MR) is 102 cm³/mol. The van der Waals surface area contributed by atoms with Gasteiger partial charge in [-0.3, -0.25) is 20.4 Å². The van der Waals surface area contributed by atoms with Crippen LogP contribution in [0.4, 0.5) is 0 Å². The minimum absolute atomic E-state index is 0.192. The van der Waals surface area contributed by atoms with E-state index in [0.717, 1.165) is 21.2 Å². The highest BCUT2D eigenvalue weighted by Gasteiger charge is 2.23. The van der Waals surface area contributed by atoms with Crippen LogP contribution < -0.4 is 10.9 Å². The van der Waals surface area contributed by atoms with Crippen molar-refractivity contribution in [3.63, 3.8) is 0 Å². The van der Waals surface area contributed by atoms with Gasteiger partial charge in [0.2, 0.25) is 5.91 Å². The molecule has 1 atom stereocenters. The van der Waals surface area contributed by atoms with Crippen LogP contribution in [0.25, 0.3) is 0 Å². The second kappa shape index (κ2) is 9.07. The smallest absolute Gasteiger partial charge is 0.269 e. The zero-order valence-corrected chi connectivity index (χ0v) is 15.6. The Morgan fingerprint density at radius 2 is 1.81 bits per heavy atom. The molecule has 26 heavy (non-hydrogen) atoms. The van der Waals surface area contributed by atoms with Crippen molar-refractivity contribution in [2.45, 2.75) is 17.1 Å². The maximum absolute atomic E-state index is 12.1. The molecule has 1 aliphatic rings. The molecule has 1 aliphatic heterocycles. The summed E-state index contributed by atoms with van der Waals surface area (Å²) >= 11 is 7.58. The Morgan fingerprint density at radius 3 is 2.46 bits per heavy atom. The lowest BCUT2D eigenvalue weighted by molar-refractivity contribution is -0.125. The fourth-order valence-corrected chi connectivity index (χ4v) is 3.46. The van der Waals surface area contributed by atoms with E-state index in [-0.39, 0.29) is 17.7 Å². The lowest BCUT2D eigenvalue weighted by atomic mass is 10.1. The number of amides is 2. The third kappa shape index (κ3) is 5.24. The zero-order chi connectivity index (χ0) is 18.4. The monoisotopic (exact) mass is 390 g/mol. The molecule has 2 amide bonds. The molecular formula is C19H19ClN2O3S. The average molecular weight is 391 g/mol. The molecule has 1 unspecified atom stereocenters. The second-order valence-corrected chi connectivity index (χ2v) is 7.43. The van der Waals surface area contributed by atoms with Crippen LogP contribution in [0, 0.1) is 5.92 Å². The van der Waals surface area contributed by atoms with Gasteiger partial charge in [0, 0.05) is 27.8 Å². The van der Waals surface area contributed by atoms with Gasteiger partial charge in [0.15, 0.2) is 0 Å². The molecule has 5 nitrogen and oxygen atoms in total. The Balaban J connectivity index is 1.47. The molecule has 1 fully saturated rings. The Kier molecular flexibility index (Phi) is 6.55. The number of halogens is 1. The SMILES string of the molecule is O=C(NNC(=O)C1CCOC1)c1ccc(CSc2ccc(Cl)cc2)cc1. The van der Waals surface area contributed by atoms with Gasteiger partial charge in [-0.2, -0.15) is 0 Å². The number of ether oxygens (including phenoxy) is 1. The van der Waals surface area contributed by atoms with Crippen molar-refractivity contribution in [3.8, 4) is 0 Å². The molecule has 2 aromatic carbocycles. The highest BCUT2D eigenvalue weighted by atomic mass is 35.5. The van der Waals surface area contributed by atoms with Gasteiger partial charge in [0.1, 0.15) is 0 Å². The van der Waals surface area contributed by atoms with E-state index in [0.29, 0.717) is 25.2 Å². The summed E-state index contributed by atoms with van der Waals surface area (Å²) in [5, 5.41) is 0.720. The Labute approximate surface area is 161 Å². The first-order valence-electron chi connectivity index (χ1n) is 8.27. The summed E-state index contributed by atoms with van der Waals surface area (Å²) < 4.78 is 5.16. The van der Waals surface area contributed by atoms with Gasteiger partial charge < -0.3 is 4.74 Å². The van der Waals surface area contributed by atoms with Crippen LogP contribution in [0.15, 0.2) is 53.4 Å². The van der Waals surface area contributed by atoms with Crippen molar-refractivity contribution in [1.29, 1.82) is 0 Å². The fraction of sp³-hybridized carbons (Fsp3) is 0.263. The summed E-state index contributed by atoms with van der Waals surface area (Å²) in [7, 11) is 0. The number of hydrazine groups is 1. The summed E-state index contributed by atoms with van der Waals surface area (Å²) in [6.45, 7) is 0.989. The topological polar surface area (TPSA) is 67.4 Å². The number of thioether (sulfide) groups is 1. The quantitative estimate of drug-likeness (QED) is 0.606. The first-order valence-corrected chi connectivity index (χ1v) is 9.63.